The Morgan fingerprint density at radius 2 is 1.88 bits per heavy atom. The fourth-order valence-corrected chi connectivity index (χ4v) is 3.03. The Kier molecular flexibility index (Phi) is 6.01. The summed E-state index contributed by atoms with van der Waals surface area (Å²) in [6.45, 7) is 1.97. The van der Waals surface area contributed by atoms with E-state index in [1.807, 2.05) is 30.3 Å². The Bertz CT molecular complexity index is 746. The molecule has 1 amide bonds. The number of para-hydroxylation sites is 1. The number of hydrogen-bond acceptors (Lipinski definition) is 4. The number of benzene rings is 1. The van der Waals surface area contributed by atoms with E-state index in [4.69, 9.17) is 17.0 Å². The first-order valence-corrected chi connectivity index (χ1v) is 9.07. The topological polar surface area (TPSA) is 57.7 Å². The zero-order chi connectivity index (χ0) is 18.4. The van der Waals surface area contributed by atoms with E-state index >= 15 is 0 Å². The first kappa shape index (κ1) is 18.1. The first-order valence-electron chi connectivity index (χ1n) is 8.66. The van der Waals surface area contributed by atoms with E-state index in [1.165, 1.54) is 24.2 Å². The number of ether oxygens (including phenoxy) is 1. The van der Waals surface area contributed by atoms with Gasteiger partial charge < -0.3 is 15.0 Å². The summed E-state index contributed by atoms with van der Waals surface area (Å²) < 4.78 is 5.31. The number of anilines is 2. The number of pyridine rings is 1. The second kappa shape index (κ2) is 8.62. The molecule has 6 nitrogen and oxygen atoms in total. The number of thiocarbonyl (C=S) groups is 1. The number of amides is 1. The van der Waals surface area contributed by atoms with Crippen molar-refractivity contribution >= 4 is 34.8 Å². The summed E-state index contributed by atoms with van der Waals surface area (Å²) in [5, 5.41) is 3.89. The van der Waals surface area contributed by atoms with Gasteiger partial charge in [0.2, 0.25) is 5.88 Å². The minimum atomic E-state index is -0.492. The molecule has 0 saturated carbocycles. The van der Waals surface area contributed by atoms with Crippen molar-refractivity contribution < 1.29 is 9.53 Å². The molecular weight excluding hydrogens is 348 g/mol. The molecule has 0 spiro atoms. The molecule has 3 rings (SSSR count). The Labute approximate surface area is 158 Å². The largest absolute Gasteiger partial charge is 0.420 e. The van der Waals surface area contributed by atoms with Crippen LogP contribution in [0.1, 0.15) is 19.3 Å². The smallest absolute Gasteiger partial charge is 0.391 e. The molecule has 0 radical (unpaired) electrons. The first-order chi connectivity index (χ1) is 12.6. The van der Waals surface area contributed by atoms with Crippen molar-refractivity contribution in [2.75, 3.05) is 30.4 Å². The van der Waals surface area contributed by atoms with Gasteiger partial charge in [0.05, 0.1) is 11.9 Å². The summed E-state index contributed by atoms with van der Waals surface area (Å²) >= 11 is 5.44. The van der Waals surface area contributed by atoms with Crippen molar-refractivity contribution in [3.05, 3.63) is 48.7 Å². The highest BCUT2D eigenvalue weighted by Crippen LogP contribution is 2.17. The van der Waals surface area contributed by atoms with Crippen LogP contribution in [-0.4, -0.2) is 41.2 Å². The molecule has 26 heavy (non-hydrogen) atoms. The second-order valence-electron chi connectivity index (χ2n) is 6.13. The van der Waals surface area contributed by atoms with Crippen LogP contribution in [0.5, 0.6) is 5.88 Å². The van der Waals surface area contributed by atoms with Crippen molar-refractivity contribution in [1.29, 1.82) is 0 Å². The molecule has 1 aromatic heterocycles. The van der Waals surface area contributed by atoms with Gasteiger partial charge in [-0.1, -0.05) is 18.2 Å². The quantitative estimate of drug-likeness (QED) is 0.827. The molecular formula is C19H22N4O2S. The zero-order valence-electron chi connectivity index (χ0n) is 14.7. The minimum absolute atomic E-state index is 0.243. The number of hydrogen-bond donors (Lipinski definition) is 1. The van der Waals surface area contributed by atoms with Gasteiger partial charge in [-0.2, -0.15) is 0 Å². The fraction of sp³-hybridized carbons (Fsp3) is 0.316. The lowest BCUT2D eigenvalue weighted by Gasteiger charge is -2.29. The van der Waals surface area contributed by atoms with Gasteiger partial charge >= 0.3 is 6.09 Å². The number of piperidine rings is 1. The molecule has 2 heterocycles. The van der Waals surface area contributed by atoms with Gasteiger partial charge in [-0.05, 0) is 49.7 Å². The normalized spacial score (nSPS) is 13.8. The second-order valence-corrected chi connectivity index (χ2v) is 6.51. The molecule has 1 aliphatic heterocycles. The number of rotatable bonds is 3. The number of carbonyl (C=O) groups excluding carboxylic acids is 1. The summed E-state index contributed by atoms with van der Waals surface area (Å²) in [6.07, 6.45) is 4.72. The highest BCUT2D eigenvalue weighted by Gasteiger charge is 2.15. The molecule has 1 fully saturated rings. The molecule has 1 N–H and O–H groups in total. The molecule has 2 aromatic rings. The Balaban J connectivity index is 1.55. The van der Waals surface area contributed by atoms with Gasteiger partial charge in [-0.25, -0.2) is 9.78 Å². The van der Waals surface area contributed by atoms with Crippen molar-refractivity contribution in [1.82, 2.24) is 9.88 Å². The van der Waals surface area contributed by atoms with Gasteiger partial charge in [0.25, 0.3) is 0 Å². The third kappa shape index (κ3) is 4.70. The average Bonchev–Trinajstić information content (AvgIpc) is 2.70. The van der Waals surface area contributed by atoms with Crippen molar-refractivity contribution in [2.24, 2.45) is 0 Å². The number of aromatic nitrogens is 1. The summed E-state index contributed by atoms with van der Waals surface area (Å²) in [6, 6.07) is 12.7. The average molecular weight is 370 g/mol. The van der Waals surface area contributed by atoms with Crippen LogP contribution in [0.4, 0.5) is 16.2 Å². The van der Waals surface area contributed by atoms with Crippen molar-refractivity contribution in [3.63, 3.8) is 0 Å². The maximum absolute atomic E-state index is 12.2. The Morgan fingerprint density at radius 1 is 1.15 bits per heavy atom. The predicted molar refractivity (Wildman–Crippen MR) is 107 cm³/mol. The number of nitrogens with one attached hydrogen (secondary N) is 1. The van der Waals surface area contributed by atoms with Crippen LogP contribution in [-0.2, 0) is 0 Å². The van der Waals surface area contributed by atoms with Crippen LogP contribution < -0.4 is 15.0 Å². The summed E-state index contributed by atoms with van der Waals surface area (Å²) in [5.74, 6) is 0.243. The molecule has 1 aromatic carbocycles. The maximum Gasteiger partial charge on any atom is 0.420 e. The standard InChI is InChI=1S/C19H22N4O2S/c1-22(16-8-4-2-5-9-16)19(24)25-17-11-10-15(14-20-17)21-18(26)23-12-6-3-7-13-23/h2,4-5,8-11,14H,3,6-7,12-13H2,1H3,(H,21,26). The van der Waals surface area contributed by atoms with E-state index < -0.39 is 6.09 Å². The Morgan fingerprint density at radius 3 is 2.54 bits per heavy atom. The van der Waals surface area contributed by atoms with Gasteiger partial charge in [0.1, 0.15) is 0 Å². The lowest BCUT2D eigenvalue weighted by molar-refractivity contribution is 0.207. The predicted octanol–water partition coefficient (Wildman–Crippen LogP) is 3.90. The number of likely N-dealkylation sites (tertiary alicyclic amines) is 1. The molecule has 136 valence electrons. The van der Waals surface area contributed by atoms with E-state index in [-0.39, 0.29) is 5.88 Å². The van der Waals surface area contributed by atoms with Crippen LogP contribution in [0.15, 0.2) is 48.7 Å². The minimum Gasteiger partial charge on any atom is -0.391 e. The van der Waals surface area contributed by atoms with E-state index in [1.54, 1.807) is 25.4 Å². The summed E-state index contributed by atoms with van der Waals surface area (Å²) in [7, 11) is 1.66. The molecule has 0 unspecified atom stereocenters. The molecule has 0 atom stereocenters. The highest BCUT2D eigenvalue weighted by atomic mass is 32.1. The highest BCUT2D eigenvalue weighted by molar-refractivity contribution is 7.80. The van der Waals surface area contributed by atoms with Crippen LogP contribution in [0, 0.1) is 0 Å². The third-order valence-electron chi connectivity index (χ3n) is 4.24. The lowest BCUT2D eigenvalue weighted by atomic mass is 10.1. The van der Waals surface area contributed by atoms with Crippen molar-refractivity contribution in [2.45, 2.75) is 19.3 Å². The third-order valence-corrected chi connectivity index (χ3v) is 4.60. The van der Waals surface area contributed by atoms with E-state index in [2.05, 4.69) is 15.2 Å². The lowest BCUT2D eigenvalue weighted by Crippen LogP contribution is -2.38. The van der Waals surface area contributed by atoms with Gasteiger partial charge in [-0.15, -0.1) is 0 Å². The number of nitrogens with zero attached hydrogens (tertiary/aromatic N) is 3. The fourth-order valence-electron chi connectivity index (χ4n) is 2.73. The van der Waals surface area contributed by atoms with E-state index in [0.717, 1.165) is 24.5 Å². The molecule has 0 aliphatic carbocycles. The van der Waals surface area contributed by atoms with E-state index in [9.17, 15) is 4.79 Å². The van der Waals surface area contributed by atoms with Crippen molar-refractivity contribution in [3.8, 4) is 5.88 Å². The summed E-state index contributed by atoms with van der Waals surface area (Å²) in [5.41, 5.74) is 1.53. The summed E-state index contributed by atoms with van der Waals surface area (Å²) in [4.78, 5) is 20.0. The maximum atomic E-state index is 12.2. The monoisotopic (exact) mass is 370 g/mol. The van der Waals surface area contributed by atoms with Crippen LogP contribution in [0.25, 0.3) is 0 Å². The molecule has 1 aliphatic rings. The SMILES string of the molecule is CN(C(=O)Oc1ccc(NC(=S)N2CCCCC2)cn1)c1ccccc1. The zero-order valence-corrected chi connectivity index (χ0v) is 15.5. The van der Waals surface area contributed by atoms with Crippen LogP contribution in [0.2, 0.25) is 0 Å². The van der Waals surface area contributed by atoms with E-state index in [0.29, 0.717) is 5.11 Å². The molecule has 1 saturated heterocycles. The van der Waals surface area contributed by atoms with Gasteiger partial charge in [-0.3, -0.25) is 4.90 Å². The molecule has 0 bridgehead atoms. The van der Waals surface area contributed by atoms with Gasteiger partial charge in [0, 0.05) is 31.9 Å². The number of carbonyl (C=O) groups is 1. The van der Waals surface area contributed by atoms with Gasteiger partial charge in [0.15, 0.2) is 5.11 Å². The van der Waals surface area contributed by atoms with Crippen LogP contribution >= 0.6 is 12.2 Å². The molecule has 7 heteroatoms. The Hall–Kier alpha value is -2.67. The van der Waals surface area contributed by atoms with Crippen LogP contribution in [0.3, 0.4) is 0 Å².